The molecule has 1 amide bonds. The summed E-state index contributed by atoms with van der Waals surface area (Å²) in [6.07, 6.45) is 0. The number of hydrogen-bond acceptors (Lipinski definition) is 1. The Morgan fingerprint density at radius 3 is 2.56 bits per heavy atom. The molecule has 1 N–H and O–H groups in total. The maximum Gasteiger partial charge on any atom is 0.352 e. The molecular weight excluding hydrogens is 280 g/mol. The number of amides is 1. The van der Waals surface area contributed by atoms with Crippen molar-refractivity contribution in [1.82, 2.24) is 0 Å². The Balaban J connectivity index is 2.63. The summed E-state index contributed by atoms with van der Waals surface area (Å²) in [6.45, 7) is 3.82. The first kappa shape index (κ1) is 11.5. The van der Waals surface area contributed by atoms with Crippen LogP contribution in [0, 0.1) is 0 Å². The molecule has 2 nitrogen and oxygen atoms in total. The normalized spacial score (nSPS) is 17.5. The Morgan fingerprint density at radius 1 is 1.38 bits per heavy atom. The van der Waals surface area contributed by atoms with Gasteiger partial charge in [-0.1, -0.05) is 29.8 Å². The predicted octanol–water partition coefficient (Wildman–Crippen LogP) is 3.62. The number of benzene rings is 1. The van der Waals surface area contributed by atoms with E-state index in [9.17, 15) is 13.6 Å². The number of alkyl halides is 2. The molecular formula is C11H10BrF2NO. The molecule has 2 rings (SSSR count). The summed E-state index contributed by atoms with van der Waals surface area (Å²) in [6, 6.07) is 2.92. The minimum absolute atomic E-state index is 0.117. The topological polar surface area (TPSA) is 29.1 Å². The predicted molar refractivity (Wildman–Crippen MR) is 60.8 cm³/mol. The Bertz CT molecular complexity index is 471. The van der Waals surface area contributed by atoms with Gasteiger partial charge >= 0.3 is 5.92 Å². The van der Waals surface area contributed by atoms with Crippen molar-refractivity contribution in [2.45, 2.75) is 25.7 Å². The van der Waals surface area contributed by atoms with Crippen LogP contribution in [0.3, 0.4) is 0 Å². The average Bonchev–Trinajstić information content (AvgIpc) is 2.36. The lowest BCUT2D eigenvalue weighted by atomic mass is 9.98. The molecule has 0 saturated heterocycles. The van der Waals surface area contributed by atoms with Crippen LogP contribution in [-0.2, 0) is 10.7 Å². The molecule has 0 fully saturated rings. The molecule has 0 aliphatic carbocycles. The molecule has 1 aliphatic rings. The quantitative estimate of drug-likeness (QED) is 0.841. The Labute approximate surface area is 100 Å². The second-order valence-electron chi connectivity index (χ2n) is 4.10. The third-order valence-corrected chi connectivity index (χ3v) is 3.32. The number of carbonyl (C=O) groups excluding carboxylic acids is 1. The summed E-state index contributed by atoms with van der Waals surface area (Å²) in [5.74, 6) is -4.55. The fourth-order valence-corrected chi connectivity index (χ4v) is 2.52. The standard InChI is InChI=1S/C11H10BrF2NO/c1-5(2)6-3-7-9(4-8(6)12)15-10(16)11(7,13)14/h3-5H,1-2H3,(H,15,16). The van der Waals surface area contributed by atoms with Gasteiger partial charge in [-0.2, -0.15) is 8.78 Å². The van der Waals surface area contributed by atoms with Crippen LogP contribution >= 0.6 is 15.9 Å². The molecule has 0 aromatic heterocycles. The molecule has 1 heterocycles. The van der Waals surface area contributed by atoms with Crippen LogP contribution in [0.2, 0.25) is 0 Å². The highest BCUT2D eigenvalue weighted by Gasteiger charge is 2.48. The van der Waals surface area contributed by atoms with Crippen molar-refractivity contribution in [1.29, 1.82) is 0 Å². The fourth-order valence-electron chi connectivity index (χ4n) is 1.72. The van der Waals surface area contributed by atoms with Gasteiger partial charge in [0.2, 0.25) is 0 Å². The number of fused-ring (bicyclic) bond motifs is 1. The number of carbonyl (C=O) groups is 1. The van der Waals surface area contributed by atoms with Crippen molar-refractivity contribution < 1.29 is 13.6 Å². The Hall–Kier alpha value is -0.970. The zero-order chi connectivity index (χ0) is 12.1. The summed E-state index contributed by atoms with van der Waals surface area (Å²) >= 11 is 3.31. The maximum atomic E-state index is 13.5. The molecule has 0 spiro atoms. The highest BCUT2D eigenvalue weighted by atomic mass is 79.9. The highest BCUT2D eigenvalue weighted by Crippen LogP contribution is 2.43. The smallest absolute Gasteiger partial charge is 0.320 e. The molecule has 86 valence electrons. The van der Waals surface area contributed by atoms with Gasteiger partial charge in [-0.25, -0.2) is 0 Å². The van der Waals surface area contributed by atoms with Gasteiger partial charge in [-0.15, -0.1) is 0 Å². The second-order valence-corrected chi connectivity index (χ2v) is 4.96. The molecule has 0 atom stereocenters. The maximum absolute atomic E-state index is 13.5. The van der Waals surface area contributed by atoms with E-state index in [1.165, 1.54) is 12.1 Å². The largest absolute Gasteiger partial charge is 0.352 e. The molecule has 5 heteroatoms. The van der Waals surface area contributed by atoms with E-state index >= 15 is 0 Å². The van der Waals surface area contributed by atoms with Crippen LogP contribution in [0.15, 0.2) is 16.6 Å². The van der Waals surface area contributed by atoms with Gasteiger partial charge in [0.15, 0.2) is 0 Å². The summed E-state index contributed by atoms with van der Waals surface area (Å²) in [4.78, 5) is 11.1. The fraction of sp³-hybridized carbons (Fsp3) is 0.364. The second kappa shape index (κ2) is 3.52. The molecule has 0 unspecified atom stereocenters. The van der Waals surface area contributed by atoms with Crippen LogP contribution in [-0.4, -0.2) is 5.91 Å². The van der Waals surface area contributed by atoms with E-state index in [1.54, 1.807) is 0 Å². The van der Waals surface area contributed by atoms with E-state index < -0.39 is 11.8 Å². The first-order chi connectivity index (χ1) is 7.34. The Morgan fingerprint density at radius 2 is 2.00 bits per heavy atom. The lowest BCUT2D eigenvalue weighted by Crippen LogP contribution is -2.23. The molecule has 1 aromatic carbocycles. The van der Waals surface area contributed by atoms with E-state index in [2.05, 4.69) is 21.2 Å². The SMILES string of the molecule is CC(C)c1cc2c(cc1Br)NC(=O)C2(F)F. The van der Waals surface area contributed by atoms with Crippen LogP contribution in [0.1, 0.15) is 30.9 Å². The minimum atomic E-state index is -3.42. The Kier molecular flexibility index (Phi) is 2.53. The van der Waals surface area contributed by atoms with E-state index in [0.717, 1.165) is 10.0 Å². The molecule has 1 aliphatic heterocycles. The monoisotopic (exact) mass is 289 g/mol. The van der Waals surface area contributed by atoms with Gasteiger partial charge in [-0.05, 0) is 23.6 Å². The van der Waals surface area contributed by atoms with Crippen LogP contribution in [0.4, 0.5) is 14.5 Å². The van der Waals surface area contributed by atoms with E-state index in [0.29, 0.717) is 0 Å². The van der Waals surface area contributed by atoms with E-state index in [1.807, 2.05) is 13.8 Å². The van der Waals surface area contributed by atoms with Crippen LogP contribution in [0.5, 0.6) is 0 Å². The third kappa shape index (κ3) is 1.54. The number of hydrogen-bond donors (Lipinski definition) is 1. The first-order valence-electron chi connectivity index (χ1n) is 4.87. The van der Waals surface area contributed by atoms with Gasteiger partial charge in [0.25, 0.3) is 5.91 Å². The summed E-state index contributed by atoms with van der Waals surface area (Å²) in [5, 5.41) is 2.18. The van der Waals surface area contributed by atoms with Gasteiger partial charge in [0.05, 0.1) is 11.3 Å². The van der Waals surface area contributed by atoms with Crippen molar-refractivity contribution in [3.63, 3.8) is 0 Å². The van der Waals surface area contributed by atoms with Crippen molar-refractivity contribution in [3.8, 4) is 0 Å². The number of anilines is 1. The summed E-state index contributed by atoms with van der Waals surface area (Å²) < 4.78 is 27.7. The van der Waals surface area contributed by atoms with Crippen molar-refractivity contribution >= 4 is 27.5 Å². The van der Waals surface area contributed by atoms with E-state index in [-0.39, 0.29) is 17.2 Å². The lowest BCUT2D eigenvalue weighted by molar-refractivity contribution is -0.139. The molecule has 16 heavy (non-hydrogen) atoms. The van der Waals surface area contributed by atoms with Gasteiger partial charge < -0.3 is 5.32 Å². The van der Waals surface area contributed by atoms with Crippen molar-refractivity contribution in [2.75, 3.05) is 5.32 Å². The average molecular weight is 290 g/mol. The minimum Gasteiger partial charge on any atom is -0.320 e. The van der Waals surface area contributed by atoms with Gasteiger partial charge in [0.1, 0.15) is 0 Å². The van der Waals surface area contributed by atoms with Crippen molar-refractivity contribution in [3.05, 3.63) is 27.7 Å². The molecule has 0 bridgehead atoms. The summed E-state index contributed by atoms with van der Waals surface area (Å²) in [7, 11) is 0. The lowest BCUT2D eigenvalue weighted by Gasteiger charge is -2.12. The third-order valence-electron chi connectivity index (χ3n) is 2.63. The zero-order valence-electron chi connectivity index (χ0n) is 8.77. The summed E-state index contributed by atoms with van der Waals surface area (Å²) in [5.41, 5.74) is 0.727. The van der Waals surface area contributed by atoms with E-state index in [4.69, 9.17) is 0 Å². The number of nitrogens with one attached hydrogen (secondary N) is 1. The first-order valence-corrected chi connectivity index (χ1v) is 5.66. The number of rotatable bonds is 1. The van der Waals surface area contributed by atoms with Crippen molar-refractivity contribution in [2.24, 2.45) is 0 Å². The van der Waals surface area contributed by atoms with Gasteiger partial charge in [-0.3, -0.25) is 4.79 Å². The molecule has 0 saturated carbocycles. The zero-order valence-corrected chi connectivity index (χ0v) is 10.4. The molecule has 0 radical (unpaired) electrons. The molecule has 1 aromatic rings. The van der Waals surface area contributed by atoms with Crippen LogP contribution in [0.25, 0.3) is 0 Å². The van der Waals surface area contributed by atoms with Gasteiger partial charge in [0, 0.05) is 4.47 Å². The van der Waals surface area contributed by atoms with Crippen LogP contribution < -0.4 is 5.32 Å². The highest BCUT2D eigenvalue weighted by molar-refractivity contribution is 9.10. The number of halogens is 3.